The highest BCUT2D eigenvalue weighted by Crippen LogP contribution is 2.40. The number of rotatable bonds is 4. The molecule has 3 rings (SSSR count). The van der Waals surface area contributed by atoms with Crippen molar-refractivity contribution in [3.63, 3.8) is 0 Å². The van der Waals surface area contributed by atoms with Gasteiger partial charge in [-0.2, -0.15) is 4.37 Å². The van der Waals surface area contributed by atoms with E-state index in [1.807, 2.05) is 0 Å². The first-order valence-corrected chi connectivity index (χ1v) is 7.80. The van der Waals surface area contributed by atoms with Crippen LogP contribution in [-0.2, 0) is 0 Å². The van der Waals surface area contributed by atoms with E-state index in [0.29, 0.717) is 12.5 Å². The molecule has 0 atom stereocenters. The molecule has 100 valence electrons. The minimum Gasteiger partial charge on any atom is -0.354 e. The number of nitrogens with zero attached hydrogens (tertiary/aromatic N) is 2. The molecular weight excluding hydrogens is 244 g/mol. The summed E-state index contributed by atoms with van der Waals surface area (Å²) in [6, 6.07) is 0. The van der Waals surface area contributed by atoms with Crippen LogP contribution in [0.25, 0.3) is 0 Å². The summed E-state index contributed by atoms with van der Waals surface area (Å²) in [7, 11) is 0. The number of aromatic nitrogens is 2. The molecule has 4 nitrogen and oxygen atoms in total. The third kappa shape index (κ3) is 2.52. The lowest BCUT2D eigenvalue weighted by Gasteiger charge is -2.39. The van der Waals surface area contributed by atoms with Crippen LogP contribution < -0.4 is 11.1 Å². The molecule has 0 aliphatic heterocycles. The molecule has 1 aromatic heterocycles. The topological polar surface area (TPSA) is 63.8 Å². The highest BCUT2D eigenvalue weighted by molar-refractivity contribution is 7.09. The number of hydrogen-bond acceptors (Lipinski definition) is 5. The molecule has 3 N–H and O–H groups in total. The molecule has 0 unspecified atom stereocenters. The standard InChI is InChI=1S/C13H22N4S/c1-9-4-6-13(8-14,7-5-9)16-12-15-11(17-18-12)10-2-3-10/h9-10H,2-8,14H2,1H3,(H,15,16,17). The van der Waals surface area contributed by atoms with Crippen LogP contribution in [-0.4, -0.2) is 21.4 Å². The minimum atomic E-state index is 0.0624. The van der Waals surface area contributed by atoms with Gasteiger partial charge in [-0.05, 0) is 44.4 Å². The second kappa shape index (κ2) is 4.78. The Hall–Kier alpha value is -0.680. The maximum Gasteiger partial charge on any atom is 0.203 e. The molecule has 0 saturated heterocycles. The average Bonchev–Trinajstić information content (AvgIpc) is 3.14. The van der Waals surface area contributed by atoms with Gasteiger partial charge in [-0.15, -0.1) is 0 Å². The van der Waals surface area contributed by atoms with Crippen LogP contribution in [0.5, 0.6) is 0 Å². The van der Waals surface area contributed by atoms with Crippen molar-refractivity contribution in [2.24, 2.45) is 11.7 Å². The number of anilines is 1. The van der Waals surface area contributed by atoms with Crippen LogP contribution in [0.15, 0.2) is 0 Å². The van der Waals surface area contributed by atoms with Crippen molar-refractivity contribution in [3.8, 4) is 0 Å². The van der Waals surface area contributed by atoms with Gasteiger partial charge in [-0.1, -0.05) is 6.92 Å². The van der Waals surface area contributed by atoms with Crippen LogP contribution in [0.4, 0.5) is 5.13 Å². The predicted molar refractivity (Wildman–Crippen MR) is 74.9 cm³/mol. The summed E-state index contributed by atoms with van der Waals surface area (Å²) in [6.07, 6.45) is 7.36. The molecule has 2 saturated carbocycles. The summed E-state index contributed by atoms with van der Waals surface area (Å²) in [5, 5.41) is 4.56. The maximum atomic E-state index is 6.00. The van der Waals surface area contributed by atoms with Gasteiger partial charge in [-0.3, -0.25) is 0 Å². The van der Waals surface area contributed by atoms with Crippen molar-refractivity contribution in [3.05, 3.63) is 5.82 Å². The fourth-order valence-corrected chi connectivity index (χ4v) is 3.48. The first kappa shape index (κ1) is 12.4. The van der Waals surface area contributed by atoms with Crippen LogP contribution in [0.2, 0.25) is 0 Å². The molecule has 2 fully saturated rings. The van der Waals surface area contributed by atoms with E-state index < -0.39 is 0 Å². The number of hydrogen-bond donors (Lipinski definition) is 2. The predicted octanol–water partition coefficient (Wildman–Crippen LogP) is 2.74. The van der Waals surface area contributed by atoms with E-state index in [-0.39, 0.29) is 5.54 Å². The lowest BCUT2D eigenvalue weighted by atomic mass is 9.77. The van der Waals surface area contributed by atoms with Gasteiger partial charge in [0.05, 0.1) is 5.54 Å². The van der Waals surface area contributed by atoms with Crippen LogP contribution in [0.1, 0.15) is 57.2 Å². The molecule has 5 heteroatoms. The zero-order chi connectivity index (χ0) is 12.6. The number of nitrogens with one attached hydrogen (secondary N) is 1. The van der Waals surface area contributed by atoms with Crippen LogP contribution in [0, 0.1) is 5.92 Å². The van der Waals surface area contributed by atoms with Gasteiger partial charge in [0, 0.05) is 24.0 Å². The van der Waals surface area contributed by atoms with E-state index in [1.165, 1.54) is 37.2 Å². The van der Waals surface area contributed by atoms with E-state index in [9.17, 15) is 0 Å². The van der Waals surface area contributed by atoms with Gasteiger partial charge in [0.15, 0.2) is 0 Å². The molecule has 1 heterocycles. The van der Waals surface area contributed by atoms with Crippen molar-refractivity contribution in [2.75, 3.05) is 11.9 Å². The molecule has 0 spiro atoms. The molecule has 0 bridgehead atoms. The van der Waals surface area contributed by atoms with Crippen molar-refractivity contribution in [1.82, 2.24) is 9.36 Å². The molecule has 18 heavy (non-hydrogen) atoms. The van der Waals surface area contributed by atoms with Crippen molar-refractivity contribution in [1.29, 1.82) is 0 Å². The van der Waals surface area contributed by atoms with Gasteiger partial charge < -0.3 is 11.1 Å². The third-order valence-corrected chi connectivity index (χ3v) is 5.02. The summed E-state index contributed by atoms with van der Waals surface area (Å²) in [4.78, 5) is 4.62. The van der Waals surface area contributed by atoms with E-state index in [1.54, 1.807) is 0 Å². The quantitative estimate of drug-likeness (QED) is 0.879. The Bertz CT molecular complexity index is 405. The lowest BCUT2D eigenvalue weighted by Crippen LogP contribution is -2.48. The molecule has 0 radical (unpaired) electrons. The summed E-state index contributed by atoms with van der Waals surface area (Å²) in [6.45, 7) is 3.02. The number of nitrogens with two attached hydrogens (primary N) is 1. The Morgan fingerprint density at radius 2 is 2.06 bits per heavy atom. The zero-order valence-corrected chi connectivity index (χ0v) is 11.8. The largest absolute Gasteiger partial charge is 0.354 e. The highest BCUT2D eigenvalue weighted by atomic mass is 32.1. The fraction of sp³-hybridized carbons (Fsp3) is 0.846. The first-order chi connectivity index (χ1) is 8.71. The monoisotopic (exact) mass is 266 g/mol. The Labute approximate surface area is 113 Å². The molecule has 0 aromatic carbocycles. The smallest absolute Gasteiger partial charge is 0.203 e. The van der Waals surface area contributed by atoms with Gasteiger partial charge in [-0.25, -0.2) is 4.98 Å². The van der Waals surface area contributed by atoms with E-state index in [0.717, 1.165) is 29.7 Å². The zero-order valence-electron chi connectivity index (χ0n) is 11.0. The van der Waals surface area contributed by atoms with Gasteiger partial charge >= 0.3 is 0 Å². The van der Waals surface area contributed by atoms with Crippen LogP contribution >= 0.6 is 11.5 Å². The Morgan fingerprint density at radius 3 is 2.67 bits per heavy atom. The van der Waals surface area contributed by atoms with E-state index >= 15 is 0 Å². The van der Waals surface area contributed by atoms with Crippen LogP contribution in [0.3, 0.4) is 0 Å². The Morgan fingerprint density at radius 1 is 1.33 bits per heavy atom. The molecule has 2 aliphatic carbocycles. The Balaban J connectivity index is 1.68. The van der Waals surface area contributed by atoms with Gasteiger partial charge in [0.2, 0.25) is 5.13 Å². The second-order valence-corrected chi connectivity index (χ2v) is 6.78. The van der Waals surface area contributed by atoms with E-state index in [2.05, 4.69) is 21.6 Å². The van der Waals surface area contributed by atoms with Gasteiger partial charge in [0.25, 0.3) is 0 Å². The fourth-order valence-electron chi connectivity index (χ4n) is 2.71. The first-order valence-electron chi connectivity index (χ1n) is 7.03. The SMILES string of the molecule is CC1CCC(CN)(Nc2nc(C3CC3)ns2)CC1. The van der Waals surface area contributed by atoms with Crippen molar-refractivity contribution < 1.29 is 0 Å². The summed E-state index contributed by atoms with van der Waals surface area (Å²) < 4.78 is 4.45. The molecule has 1 aromatic rings. The Kier molecular flexibility index (Phi) is 3.28. The molecular formula is C13H22N4S. The maximum absolute atomic E-state index is 6.00. The summed E-state index contributed by atoms with van der Waals surface area (Å²) in [5.74, 6) is 2.51. The average molecular weight is 266 g/mol. The minimum absolute atomic E-state index is 0.0624. The normalized spacial score (nSPS) is 32.4. The van der Waals surface area contributed by atoms with E-state index in [4.69, 9.17) is 5.73 Å². The summed E-state index contributed by atoms with van der Waals surface area (Å²) in [5.41, 5.74) is 6.07. The third-order valence-electron chi connectivity index (χ3n) is 4.38. The van der Waals surface area contributed by atoms with Crippen molar-refractivity contribution in [2.45, 2.75) is 56.9 Å². The highest BCUT2D eigenvalue weighted by Gasteiger charge is 2.34. The van der Waals surface area contributed by atoms with Gasteiger partial charge in [0.1, 0.15) is 5.82 Å². The van der Waals surface area contributed by atoms with Crippen molar-refractivity contribution >= 4 is 16.7 Å². The lowest BCUT2D eigenvalue weighted by molar-refractivity contribution is 0.271. The molecule has 0 amide bonds. The molecule has 2 aliphatic rings. The summed E-state index contributed by atoms with van der Waals surface area (Å²) >= 11 is 1.50. The second-order valence-electron chi connectivity index (χ2n) is 6.02.